The molecular weight excluding hydrogens is 196 g/mol. The van der Waals surface area contributed by atoms with Crippen molar-refractivity contribution in [2.45, 2.75) is 46.0 Å². The van der Waals surface area contributed by atoms with E-state index in [2.05, 4.69) is 30.7 Å². The van der Waals surface area contributed by atoms with Crippen LogP contribution in [-0.2, 0) is 0 Å². The summed E-state index contributed by atoms with van der Waals surface area (Å²) < 4.78 is 0. The lowest BCUT2D eigenvalue weighted by atomic mass is 9.93. The van der Waals surface area contributed by atoms with Gasteiger partial charge in [0, 0.05) is 0 Å². The van der Waals surface area contributed by atoms with Crippen LogP contribution in [0.5, 0.6) is 0 Å². The highest BCUT2D eigenvalue weighted by atomic mass is 15.1. The van der Waals surface area contributed by atoms with Crippen LogP contribution in [0.1, 0.15) is 46.0 Å². The van der Waals surface area contributed by atoms with Gasteiger partial charge in [0.1, 0.15) is 0 Å². The second-order valence-corrected chi connectivity index (χ2v) is 5.38. The first-order valence-electron chi connectivity index (χ1n) is 7.17. The Bertz CT molecular complexity index is 162. The summed E-state index contributed by atoms with van der Waals surface area (Å²) in [5.41, 5.74) is 0. The predicted molar refractivity (Wildman–Crippen MR) is 71.9 cm³/mol. The van der Waals surface area contributed by atoms with Gasteiger partial charge in [0.05, 0.1) is 0 Å². The van der Waals surface area contributed by atoms with E-state index in [-0.39, 0.29) is 0 Å². The molecule has 0 aromatic heterocycles. The summed E-state index contributed by atoms with van der Waals surface area (Å²) >= 11 is 0. The molecule has 0 N–H and O–H groups in total. The van der Waals surface area contributed by atoms with Gasteiger partial charge in [-0.25, -0.2) is 0 Å². The third kappa shape index (κ3) is 5.31. The summed E-state index contributed by atoms with van der Waals surface area (Å²) in [5.74, 6) is 0.993. The molecule has 0 bridgehead atoms. The normalized spacial score (nSPS) is 19.5. The Morgan fingerprint density at radius 2 is 1.75 bits per heavy atom. The average molecular weight is 226 g/mol. The maximum atomic E-state index is 2.63. The van der Waals surface area contributed by atoms with E-state index >= 15 is 0 Å². The Labute approximate surface area is 102 Å². The van der Waals surface area contributed by atoms with Gasteiger partial charge in [0.25, 0.3) is 0 Å². The fraction of sp³-hybridized carbons (Fsp3) is 1.00. The minimum absolute atomic E-state index is 0.993. The zero-order valence-electron chi connectivity index (χ0n) is 11.5. The van der Waals surface area contributed by atoms with Gasteiger partial charge in [-0.3, -0.25) is 0 Å². The van der Waals surface area contributed by atoms with Crippen molar-refractivity contribution >= 4 is 0 Å². The number of likely N-dealkylation sites (tertiary alicyclic amines) is 1. The third-order valence-electron chi connectivity index (χ3n) is 3.77. The molecule has 0 radical (unpaired) electrons. The van der Waals surface area contributed by atoms with Gasteiger partial charge in [0.15, 0.2) is 0 Å². The summed E-state index contributed by atoms with van der Waals surface area (Å²) in [6.45, 7) is 11.1. The van der Waals surface area contributed by atoms with Crippen LogP contribution in [0.2, 0.25) is 0 Å². The molecule has 2 heteroatoms. The minimum Gasteiger partial charge on any atom is -0.306 e. The van der Waals surface area contributed by atoms with E-state index in [1.165, 1.54) is 64.8 Å². The van der Waals surface area contributed by atoms with Gasteiger partial charge in [-0.05, 0) is 77.8 Å². The highest BCUT2D eigenvalue weighted by molar-refractivity contribution is 4.72. The Kier molecular flexibility index (Phi) is 7.06. The first kappa shape index (κ1) is 14.0. The first-order chi connectivity index (χ1) is 7.76. The molecule has 1 aliphatic rings. The molecule has 0 unspecified atom stereocenters. The zero-order chi connectivity index (χ0) is 11.8. The van der Waals surface area contributed by atoms with Crippen molar-refractivity contribution in [2.75, 3.05) is 39.8 Å². The summed E-state index contributed by atoms with van der Waals surface area (Å²) in [4.78, 5) is 5.12. The lowest BCUT2D eigenvalue weighted by Crippen LogP contribution is -2.35. The Morgan fingerprint density at radius 1 is 1.06 bits per heavy atom. The second-order valence-electron chi connectivity index (χ2n) is 5.38. The molecule has 1 heterocycles. The molecule has 0 aromatic rings. The van der Waals surface area contributed by atoms with Gasteiger partial charge in [-0.15, -0.1) is 0 Å². The summed E-state index contributed by atoms with van der Waals surface area (Å²) in [6, 6.07) is 0. The quantitative estimate of drug-likeness (QED) is 0.658. The summed E-state index contributed by atoms with van der Waals surface area (Å²) in [6.07, 6.45) is 6.87. The maximum absolute atomic E-state index is 2.63. The highest BCUT2D eigenvalue weighted by Gasteiger charge is 2.18. The standard InChI is InChI=1S/C14H30N2/c1-4-9-15(3)11-6-14-7-12-16(10-5-2)13-8-14/h14H,4-13H2,1-3H3. The highest BCUT2D eigenvalue weighted by Crippen LogP contribution is 2.20. The largest absolute Gasteiger partial charge is 0.306 e. The van der Waals surface area contributed by atoms with E-state index in [9.17, 15) is 0 Å². The van der Waals surface area contributed by atoms with Crippen molar-refractivity contribution in [1.29, 1.82) is 0 Å². The van der Waals surface area contributed by atoms with Crippen molar-refractivity contribution in [3.63, 3.8) is 0 Å². The molecule has 0 atom stereocenters. The lowest BCUT2D eigenvalue weighted by molar-refractivity contribution is 0.169. The van der Waals surface area contributed by atoms with E-state index in [1.54, 1.807) is 0 Å². The molecule has 0 aliphatic carbocycles. The molecule has 2 nitrogen and oxygen atoms in total. The van der Waals surface area contributed by atoms with Crippen LogP contribution >= 0.6 is 0 Å². The van der Waals surface area contributed by atoms with Crippen LogP contribution in [0.4, 0.5) is 0 Å². The van der Waals surface area contributed by atoms with E-state index in [1.807, 2.05) is 0 Å². The molecule has 0 saturated carbocycles. The molecule has 0 aromatic carbocycles. The van der Waals surface area contributed by atoms with Crippen molar-refractivity contribution < 1.29 is 0 Å². The number of hydrogen-bond acceptors (Lipinski definition) is 2. The number of piperidine rings is 1. The zero-order valence-corrected chi connectivity index (χ0v) is 11.5. The molecule has 1 rings (SSSR count). The van der Waals surface area contributed by atoms with Gasteiger partial charge in [-0.2, -0.15) is 0 Å². The van der Waals surface area contributed by atoms with E-state index in [0.717, 1.165) is 5.92 Å². The molecule has 1 saturated heterocycles. The molecule has 0 amide bonds. The Morgan fingerprint density at radius 3 is 2.31 bits per heavy atom. The average Bonchev–Trinajstić information content (AvgIpc) is 2.29. The van der Waals surface area contributed by atoms with E-state index in [4.69, 9.17) is 0 Å². The van der Waals surface area contributed by atoms with Crippen LogP contribution in [-0.4, -0.2) is 49.6 Å². The van der Waals surface area contributed by atoms with E-state index in [0.29, 0.717) is 0 Å². The maximum Gasteiger partial charge on any atom is -0.00161 e. The number of hydrogen-bond donors (Lipinski definition) is 0. The second kappa shape index (κ2) is 8.08. The van der Waals surface area contributed by atoms with Crippen molar-refractivity contribution in [1.82, 2.24) is 9.80 Å². The van der Waals surface area contributed by atoms with Gasteiger partial charge in [0.2, 0.25) is 0 Å². The predicted octanol–water partition coefficient (Wildman–Crippen LogP) is 2.84. The number of nitrogens with zero attached hydrogens (tertiary/aromatic N) is 2. The van der Waals surface area contributed by atoms with Crippen LogP contribution in [0.3, 0.4) is 0 Å². The van der Waals surface area contributed by atoms with Crippen molar-refractivity contribution in [3.05, 3.63) is 0 Å². The van der Waals surface area contributed by atoms with Crippen LogP contribution in [0, 0.1) is 5.92 Å². The number of rotatable bonds is 7. The fourth-order valence-corrected chi connectivity index (χ4v) is 2.71. The minimum atomic E-state index is 0.993. The van der Waals surface area contributed by atoms with Gasteiger partial charge >= 0.3 is 0 Å². The van der Waals surface area contributed by atoms with Gasteiger partial charge in [-0.1, -0.05) is 13.8 Å². The van der Waals surface area contributed by atoms with Crippen LogP contribution < -0.4 is 0 Å². The summed E-state index contributed by atoms with van der Waals surface area (Å²) in [7, 11) is 2.26. The van der Waals surface area contributed by atoms with E-state index < -0.39 is 0 Å². The molecule has 0 spiro atoms. The van der Waals surface area contributed by atoms with Gasteiger partial charge < -0.3 is 9.80 Å². The third-order valence-corrected chi connectivity index (χ3v) is 3.77. The molecule has 96 valence electrons. The van der Waals surface area contributed by atoms with Crippen molar-refractivity contribution in [2.24, 2.45) is 5.92 Å². The van der Waals surface area contributed by atoms with Crippen molar-refractivity contribution in [3.8, 4) is 0 Å². The Balaban J connectivity index is 2.07. The monoisotopic (exact) mass is 226 g/mol. The molecular formula is C14H30N2. The fourth-order valence-electron chi connectivity index (χ4n) is 2.71. The molecule has 16 heavy (non-hydrogen) atoms. The van der Waals surface area contributed by atoms with Crippen LogP contribution in [0.15, 0.2) is 0 Å². The SMILES string of the molecule is CCCN(C)CCC1CCN(CCC)CC1. The van der Waals surface area contributed by atoms with Crippen LogP contribution in [0.25, 0.3) is 0 Å². The smallest absolute Gasteiger partial charge is 0.00161 e. The molecule has 1 fully saturated rings. The topological polar surface area (TPSA) is 6.48 Å². The molecule has 1 aliphatic heterocycles. The Hall–Kier alpha value is -0.0800. The summed E-state index contributed by atoms with van der Waals surface area (Å²) in [5, 5.41) is 0. The lowest BCUT2D eigenvalue weighted by Gasteiger charge is -2.32. The first-order valence-corrected chi connectivity index (χ1v) is 7.17.